The minimum absolute atomic E-state index is 0.649. The number of methoxy groups -OCH3 is 1. The van der Waals surface area contributed by atoms with Gasteiger partial charge in [0.25, 0.3) is 6.01 Å². The Morgan fingerprint density at radius 1 is 0.970 bits per heavy atom. The highest BCUT2D eigenvalue weighted by atomic mass is 16.5. The zero-order valence-electron chi connectivity index (χ0n) is 19.1. The van der Waals surface area contributed by atoms with Crippen molar-refractivity contribution in [2.24, 2.45) is 0 Å². The Morgan fingerprint density at radius 3 is 2.67 bits per heavy atom. The number of piperidine rings is 1. The van der Waals surface area contributed by atoms with Gasteiger partial charge in [0.2, 0.25) is 0 Å². The number of hydrogen-bond donors (Lipinski definition) is 0. The summed E-state index contributed by atoms with van der Waals surface area (Å²) in [5.41, 5.74) is 4.33. The number of oxazole rings is 1. The van der Waals surface area contributed by atoms with Crippen molar-refractivity contribution in [3.05, 3.63) is 83.9 Å². The number of fused-ring (bicyclic) bond motifs is 1. The van der Waals surface area contributed by atoms with E-state index in [1.54, 1.807) is 7.11 Å². The molecular formula is C27H30N4O2. The summed E-state index contributed by atoms with van der Waals surface area (Å²) in [6.45, 7) is 4.48. The predicted molar refractivity (Wildman–Crippen MR) is 130 cm³/mol. The maximum absolute atomic E-state index is 6.00. The molecule has 3 heterocycles. The van der Waals surface area contributed by atoms with Crippen molar-refractivity contribution in [3.63, 3.8) is 0 Å². The predicted octanol–water partition coefficient (Wildman–Crippen LogP) is 5.42. The molecule has 1 fully saturated rings. The van der Waals surface area contributed by atoms with E-state index in [4.69, 9.17) is 14.1 Å². The van der Waals surface area contributed by atoms with Crippen LogP contribution < -0.4 is 9.64 Å². The molecule has 33 heavy (non-hydrogen) atoms. The molecule has 0 saturated carbocycles. The number of rotatable bonds is 8. The van der Waals surface area contributed by atoms with Crippen LogP contribution >= 0.6 is 0 Å². The van der Waals surface area contributed by atoms with Gasteiger partial charge in [-0.3, -0.25) is 9.88 Å². The van der Waals surface area contributed by atoms with Crippen molar-refractivity contribution in [2.75, 3.05) is 25.1 Å². The van der Waals surface area contributed by atoms with E-state index in [2.05, 4.69) is 51.2 Å². The molecule has 2 aromatic carbocycles. The van der Waals surface area contributed by atoms with Gasteiger partial charge < -0.3 is 14.1 Å². The Balaban J connectivity index is 1.40. The standard InChI is InChI=1S/C27H30N4O2/c1-32-25-9-5-7-21(16-25)17-31(18-22-10-11-26-23(15-22)8-6-12-28-26)27-29-24(20-33-27)19-30-13-3-2-4-14-30/h5-12,15-16,20H,2-4,13-14,17-19H2,1H3. The number of hydrogen-bond acceptors (Lipinski definition) is 6. The summed E-state index contributed by atoms with van der Waals surface area (Å²) < 4.78 is 11.4. The first kappa shape index (κ1) is 21.5. The third kappa shape index (κ3) is 5.34. The average molecular weight is 443 g/mol. The second kappa shape index (κ2) is 10.0. The Hall–Kier alpha value is -3.38. The third-order valence-electron chi connectivity index (χ3n) is 6.19. The van der Waals surface area contributed by atoms with E-state index in [9.17, 15) is 0 Å². The molecule has 0 N–H and O–H groups in total. The van der Waals surface area contributed by atoms with Gasteiger partial charge in [0.05, 0.1) is 18.3 Å². The highest BCUT2D eigenvalue weighted by Gasteiger charge is 2.18. The largest absolute Gasteiger partial charge is 0.497 e. The van der Waals surface area contributed by atoms with Crippen molar-refractivity contribution < 1.29 is 9.15 Å². The van der Waals surface area contributed by atoms with Crippen LogP contribution in [-0.2, 0) is 19.6 Å². The maximum Gasteiger partial charge on any atom is 0.298 e. The lowest BCUT2D eigenvalue weighted by atomic mass is 10.1. The van der Waals surface area contributed by atoms with E-state index < -0.39 is 0 Å². The Labute approximate surface area is 194 Å². The number of pyridine rings is 1. The van der Waals surface area contributed by atoms with Crippen LogP contribution in [0.3, 0.4) is 0 Å². The first-order chi connectivity index (χ1) is 16.3. The SMILES string of the molecule is COc1cccc(CN(Cc2ccc3ncccc3c2)c2nc(CN3CCCCC3)co2)c1. The number of benzene rings is 2. The Kier molecular flexibility index (Phi) is 6.53. The third-order valence-corrected chi connectivity index (χ3v) is 6.19. The fourth-order valence-electron chi connectivity index (χ4n) is 4.49. The molecule has 0 spiro atoms. The van der Waals surface area contributed by atoms with E-state index in [1.165, 1.54) is 24.8 Å². The number of likely N-dealkylation sites (tertiary alicyclic amines) is 1. The zero-order valence-corrected chi connectivity index (χ0v) is 19.1. The first-order valence-electron chi connectivity index (χ1n) is 11.7. The van der Waals surface area contributed by atoms with Crippen LogP contribution in [0.15, 0.2) is 71.5 Å². The quantitative estimate of drug-likeness (QED) is 0.363. The molecule has 0 unspecified atom stereocenters. The number of anilines is 1. The van der Waals surface area contributed by atoms with Gasteiger partial charge in [0, 0.05) is 31.2 Å². The van der Waals surface area contributed by atoms with Gasteiger partial charge >= 0.3 is 0 Å². The van der Waals surface area contributed by atoms with Crippen molar-refractivity contribution in [3.8, 4) is 5.75 Å². The van der Waals surface area contributed by atoms with Gasteiger partial charge in [-0.25, -0.2) is 0 Å². The van der Waals surface area contributed by atoms with E-state index in [0.29, 0.717) is 19.1 Å². The summed E-state index contributed by atoms with van der Waals surface area (Å²) >= 11 is 0. The van der Waals surface area contributed by atoms with Gasteiger partial charge in [0.15, 0.2) is 0 Å². The normalized spacial score (nSPS) is 14.5. The number of aromatic nitrogens is 2. The van der Waals surface area contributed by atoms with Crippen LogP contribution in [0.25, 0.3) is 10.9 Å². The lowest BCUT2D eigenvalue weighted by Crippen LogP contribution is -2.29. The lowest BCUT2D eigenvalue weighted by Gasteiger charge is -2.25. The lowest BCUT2D eigenvalue weighted by molar-refractivity contribution is 0.218. The molecule has 1 aliphatic rings. The molecule has 170 valence electrons. The summed E-state index contributed by atoms with van der Waals surface area (Å²) in [4.78, 5) is 14.0. The smallest absolute Gasteiger partial charge is 0.298 e. The molecule has 1 aliphatic heterocycles. The summed E-state index contributed by atoms with van der Waals surface area (Å²) in [6.07, 6.45) is 7.50. The highest BCUT2D eigenvalue weighted by molar-refractivity contribution is 5.79. The number of ether oxygens (including phenoxy) is 1. The molecule has 0 bridgehead atoms. The Morgan fingerprint density at radius 2 is 1.82 bits per heavy atom. The van der Waals surface area contributed by atoms with Gasteiger partial charge in [0.1, 0.15) is 12.0 Å². The summed E-state index contributed by atoms with van der Waals surface area (Å²) in [7, 11) is 1.70. The first-order valence-corrected chi connectivity index (χ1v) is 11.7. The fourth-order valence-corrected chi connectivity index (χ4v) is 4.49. The zero-order chi connectivity index (χ0) is 22.5. The fraction of sp³-hybridized carbons (Fsp3) is 0.333. The van der Waals surface area contributed by atoms with Crippen LogP contribution in [0.5, 0.6) is 5.75 Å². The van der Waals surface area contributed by atoms with E-state index in [0.717, 1.165) is 47.5 Å². The average Bonchev–Trinajstić information content (AvgIpc) is 3.33. The van der Waals surface area contributed by atoms with Crippen LogP contribution in [-0.4, -0.2) is 35.1 Å². The molecular weight excluding hydrogens is 412 g/mol. The van der Waals surface area contributed by atoms with Crippen molar-refractivity contribution in [1.82, 2.24) is 14.9 Å². The van der Waals surface area contributed by atoms with Gasteiger partial charge in [-0.2, -0.15) is 4.98 Å². The van der Waals surface area contributed by atoms with Crippen LogP contribution in [0.4, 0.5) is 6.01 Å². The molecule has 0 aliphatic carbocycles. The van der Waals surface area contributed by atoms with Crippen LogP contribution in [0.1, 0.15) is 36.1 Å². The van der Waals surface area contributed by atoms with Gasteiger partial charge in [-0.1, -0.05) is 30.7 Å². The summed E-state index contributed by atoms with van der Waals surface area (Å²) in [5.74, 6) is 0.849. The van der Waals surface area contributed by atoms with Gasteiger partial charge in [-0.15, -0.1) is 0 Å². The molecule has 0 amide bonds. The van der Waals surface area contributed by atoms with Crippen LogP contribution in [0.2, 0.25) is 0 Å². The molecule has 4 aromatic rings. The van der Waals surface area contributed by atoms with E-state index in [-0.39, 0.29) is 0 Å². The van der Waals surface area contributed by atoms with Crippen molar-refractivity contribution in [2.45, 2.75) is 38.9 Å². The number of nitrogens with zero attached hydrogens (tertiary/aromatic N) is 4. The van der Waals surface area contributed by atoms with E-state index >= 15 is 0 Å². The molecule has 6 nitrogen and oxygen atoms in total. The van der Waals surface area contributed by atoms with E-state index in [1.807, 2.05) is 30.7 Å². The summed E-state index contributed by atoms with van der Waals surface area (Å²) in [5, 5.41) is 1.13. The van der Waals surface area contributed by atoms with Crippen molar-refractivity contribution in [1.29, 1.82) is 0 Å². The van der Waals surface area contributed by atoms with Crippen molar-refractivity contribution >= 4 is 16.9 Å². The monoisotopic (exact) mass is 442 g/mol. The molecule has 5 rings (SSSR count). The minimum Gasteiger partial charge on any atom is -0.497 e. The topological polar surface area (TPSA) is 54.6 Å². The minimum atomic E-state index is 0.649. The maximum atomic E-state index is 6.00. The highest BCUT2D eigenvalue weighted by Crippen LogP contribution is 2.24. The van der Waals surface area contributed by atoms with Crippen LogP contribution in [0, 0.1) is 0 Å². The van der Waals surface area contributed by atoms with Gasteiger partial charge in [-0.05, 0) is 67.4 Å². The molecule has 1 saturated heterocycles. The molecule has 2 aromatic heterocycles. The molecule has 0 radical (unpaired) electrons. The second-order valence-electron chi connectivity index (χ2n) is 8.70. The Bertz CT molecular complexity index is 1200. The summed E-state index contributed by atoms with van der Waals surface area (Å²) in [6, 6.07) is 19.3. The molecule has 0 atom stereocenters. The molecule has 6 heteroatoms. The second-order valence-corrected chi connectivity index (χ2v) is 8.70.